The van der Waals surface area contributed by atoms with Crippen LogP contribution in [0.15, 0.2) is 46.1 Å². The monoisotopic (exact) mass is 405 g/mol. The van der Waals surface area contributed by atoms with Crippen molar-refractivity contribution in [3.05, 3.63) is 52.3 Å². The zero-order chi connectivity index (χ0) is 18.1. The summed E-state index contributed by atoms with van der Waals surface area (Å²) in [5.74, 6) is 0.921. The van der Waals surface area contributed by atoms with Crippen LogP contribution < -0.4 is 14.9 Å². The van der Waals surface area contributed by atoms with Crippen molar-refractivity contribution < 1.29 is 14.3 Å². The van der Waals surface area contributed by atoms with E-state index < -0.39 is 0 Å². The lowest BCUT2D eigenvalue weighted by atomic mass is 10.2. The third-order valence-electron chi connectivity index (χ3n) is 3.06. The molecule has 1 aromatic carbocycles. The van der Waals surface area contributed by atoms with E-state index in [1.54, 1.807) is 24.4 Å². The molecule has 0 aliphatic heterocycles. The van der Waals surface area contributed by atoms with E-state index in [1.165, 1.54) is 6.21 Å². The molecule has 25 heavy (non-hydrogen) atoms. The zero-order valence-corrected chi connectivity index (χ0v) is 15.7. The highest BCUT2D eigenvalue weighted by molar-refractivity contribution is 9.10. The number of ether oxygens (including phenoxy) is 2. The minimum atomic E-state index is -0.371. The number of halogens is 1. The third-order valence-corrected chi connectivity index (χ3v) is 3.65. The smallest absolute Gasteiger partial charge is 0.289 e. The summed E-state index contributed by atoms with van der Waals surface area (Å²) in [5, 5.41) is 3.97. The van der Waals surface area contributed by atoms with Crippen molar-refractivity contribution in [1.82, 2.24) is 10.4 Å². The van der Waals surface area contributed by atoms with Gasteiger partial charge in [0.25, 0.3) is 5.91 Å². The number of nitrogens with one attached hydrogen (secondary N) is 1. The Hall–Kier alpha value is -2.41. The SMILES string of the molecule is CCCOc1c(Br)cc(/C=N\NC(=O)c2ccccn2)cc1OCC. The molecule has 1 amide bonds. The van der Waals surface area contributed by atoms with Crippen molar-refractivity contribution in [2.45, 2.75) is 20.3 Å². The molecule has 0 bridgehead atoms. The van der Waals surface area contributed by atoms with E-state index >= 15 is 0 Å². The average molecular weight is 406 g/mol. The molecule has 0 saturated carbocycles. The average Bonchev–Trinajstić information content (AvgIpc) is 2.62. The van der Waals surface area contributed by atoms with Crippen molar-refractivity contribution in [2.24, 2.45) is 5.10 Å². The fourth-order valence-electron chi connectivity index (χ4n) is 1.99. The largest absolute Gasteiger partial charge is 0.490 e. The number of rotatable bonds is 8. The Morgan fingerprint density at radius 3 is 2.84 bits per heavy atom. The van der Waals surface area contributed by atoms with Crippen LogP contribution >= 0.6 is 15.9 Å². The lowest BCUT2D eigenvalue weighted by molar-refractivity contribution is 0.0950. The van der Waals surface area contributed by atoms with Crippen LogP contribution in [0.4, 0.5) is 0 Å². The van der Waals surface area contributed by atoms with Gasteiger partial charge in [-0.3, -0.25) is 9.78 Å². The molecule has 7 heteroatoms. The third kappa shape index (κ3) is 5.56. The first-order valence-corrected chi connectivity index (χ1v) is 8.78. The summed E-state index contributed by atoms with van der Waals surface area (Å²) in [5.41, 5.74) is 3.52. The minimum absolute atomic E-state index is 0.305. The number of aromatic nitrogens is 1. The van der Waals surface area contributed by atoms with Gasteiger partial charge >= 0.3 is 0 Å². The zero-order valence-electron chi connectivity index (χ0n) is 14.2. The van der Waals surface area contributed by atoms with Gasteiger partial charge in [-0.1, -0.05) is 13.0 Å². The van der Waals surface area contributed by atoms with E-state index in [1.807, 2.05) is 26.0 Å². The van der Waals surface area contributed by atoms with E-state index in [2.05, 4.69) is 31.4 Å². The first-order valence-electron chi connectivity index (χ1n) is 7.99. The van der Waals surface area contributed by atoms with Crippen LogP contribution in [0.5, 0.6) is 11.5 Å². The van der Waals surface area contributed by atoms with Gasteiger partial charge in [0.15, 0.2) is 11.5 Å². The Bertz CT molecular complexity index is 736. The fourth-order valence-corrected chi connectivity index (χ4v) is 2.56. The number of amides is 1. The second kappa shape index (κ2) is 9.78. The molecule has 0 saturated heterocycles. The number of benzene rings is 1. The van der Waals surface area contributed by atoms with Gasteiger partial charge in [0.05, 0.1) is 23.9 Å². The molecule has 132 valence electrons. The quantitative estimate of drug-likeness (QED) is 0.535. The normalized spacial score (nSPS) is 10.7. The maximum absolute atomic E-state index is 11.9. The van der Waals surface area contributed by atoms with E-state index in [4.69, 9.17) is 9.47 Å². The number of carbonyl (C=O) groups is 1. The Kier molecular flexibility index (Phi) is 7.40. The van der Waals surface area contributed by atoms with Gasteiger partial charge in [-0.15, -0.1) is 0 Å². The van der Waals surface area contributed by atoms with Crippen molar-refractivity contribution in [3.8, 4) is 11.5 Å². The Morgan fingerprint density at radius 2 is 2.16 bits per heavy atom. The molecule has 0 unspecified atom stereocenters. The lowest BCUT2D eigenvalue weighted by Crippen LogP contribution is -2.18. The second-order valence-corrected chi connectivity index (χ2v) is 5.88. The number of hydrazone groups is 1. The molecular formula is C18H20BrN3O3. The van der Waals surface area contributed by atoms with Crippen LogP contribution in [0.25, 0.3) is 0 Å². The molecule has 0 radical (unpaired) electrons. The van der Waals surface area contributed by atoms with Crippen LogP contribution in [-0.2, 0) is 0 Å². The molecule has 1 aromatic heterocycles. The van der Waals surface area contributed by atoms with E-state index in [0.717, 1.165) is 16.5 Å². The Balaban J connectivity index is 2.12. The molecule has 2 aromatic rings. The minimum Gasteiger partial charge on any atom is -0.490 e. The Labute approximate surface area is 155 Å². The van der Waals surface area contributed by atoms with E-state index in [-0.39, 0.29) is 5.91 Å². The number of carbonyl (C=O) groups excluding carboxylic acids is 1. The first-order chi connectivity index (χ1) is 12.2. The topological polar surface area (TPSA) is 72.8 Å². The highest BCUT2D eigenvalue weighted by Gasteiger charge is 2.11. The highest BCUT2D eigenvalue weighted by Crippen LogP contribution is 2.36. The molecule has 6 nitrogen and oxygen atoms in total. The molecule has 1 N–H and O–H groups in total. The molecule has 2 rings (SSSR count). The number of hydrogen-bond acceptors (Lipinski definition) is 5. The molecule has 0 aliphatic carbocycles. The predicted octanol–water partition coefficient (Wildman–Crippen LogP) is 3.80. The van der Waals surface area contributed by atoms with E-state index in [9.17, 15) is 4.79 Å². The second-order valence-electron chi connectivity index (χ2n) is 5.03. The van der Waals surface area contributed by atoms with Crippen molar-refractivity contribution in [2.75, 3.05) is 13.2 Å². The van der Waals surface area contributed by atoms with Crippen LogP contribution in [0.1, 0.15) is 36.3 Å². The van der Waals surface area contributed by atoms with Crippen LogP contribution in [0, 0.1) is 0 Å². The van der Waals surface area contributed by atoms with Crippen LogP contribution in [0.2, 0.25) is 0 Å². The van der Waals surface area contributed by atoms with Crippen molar-refractivity contribution in [1.29, 1.82) is 0 Å². The molecular weight excluding hydrogens is 386 g/mol. The summed E-state index contributed by atoms with van der Waals surface area (Å²) in [6.45, 7) is 5.07. The van der Waals surface area contributed by atoms with Crippen molar-refractivity contribution >= 4 is 28.1 Å². The number of nitrogens with zero attached hydrogens (tertiary/aromatic N) is 2. The molecule has 0 atom stereocenters. The predicted molar refractivity (Wildman–Crippen MR) is 100 cm³/mol. The van der Waals surface area contributed by atoms with Gasteiger partial charge in [0.1, 0.15) is 5.69 Å². The van der Waals surface area contributed by atoms with Gasteiger partial charge in [-0.2, -0.15) is 5.10 Å². The molecule has 0 fully saturated rings. The standard InChI is InChI=1S/C18H20BrN3O3/c1-3-9-25-17-14(19)10-13(11-16(17)24-4-2)12-21-22-18(23)15-7-5-6-8-20-15/h5-8,10-12H,3-4,9H2,1-2H3,(H,22,23)/b21-12-. The van der Waals surface area contributed by atoms with Crippen LogP contribution in [0.3, 0.4) is 0 Å². The summed E-state index contributed by atoms with van der Waals surface area (Å²) in [6.07, 6.45) is 4.00. The number of hydrogen-bond donors (Lipinski definition) is 1. The molecule has 0 spiro atoms. The lowest BCUT2D eigenvalue weighted by Gasteiger charge is -2.14. The summed E-state index contributed by atoms with van der Waals surface area (Å²) < 4.78 is 12.1. The maximum atomic E-state index is 11.9. The van der Waals surface area contributed by atoms with E-state index in [0.29, 0.717) is 30.4 Å². The van der Waals surface area contributed by atoms with Crippen molar-refractivity contribution in [3.63, 3.8) is 0 Å². The number of pyridine rings is 1. The van der Waals surface area contributed by atoms with Gasteiger partial charge in [-0.05, 0) is 59.1 Å². The summed E-state index contributed by atoms with van der Waals surface area (Å²) >= 11 is 3.49. The fraction of sp³-hybridized carbons (Fsp3) is 0.278. The Morgan fingerprint density at radius 1 is 1.32 bits per heavy atom. The summed E-state index contributed by atoms with van der Waals surface area (Å²) in [7, 11) is 0. The van der Waals surface area contributed by atoms with Crippen LogP contribution in [-0.4, -0.2) is 30.3 Å². The molecule has 1 heterocycles. The highest BCUT2D eigenvalue weighted by atomic mass is 79.9. The maximum Gasteiger partial charge on any atom is 0.289 e. The van der Waals surface area contributed by atoms with Gasteiger partial charge in [0, 0.05) is 6.20 Å². The summed E-state index contributed by atoms with van der Waals surface area (Å²) in [6, 6.07) is 8.77. The molecule has 0 aliphatic rings. The summed E-state index contributed by atoms with van der Waals surface area (Å²) in [4.78, 5) is 15.9. The first kappa shape index (κ1) is 18.9. The van der Waals surface area contributed by atoms with Gasteiger partial charge < -0.3 is 9.47 Å². The van der Waals surface area contributed by atoms with Gasteiger partial charge in [0.2, 0.25) is 0 Å². The van der Waals surface area contributed by atoms with Gasteiger partial charge in [-0.25, -0.2) is 5.43 Å².